The highest BCUT2D eigenvalue weighted by atomic mass is 16.5. The van der Waals surface area contributed by atoms with Crippen molar-refractivity contribution in [1.29, 1.82) is 0 Å². The topological polar surface area (TPSA) is 79.5 Å². The van der Waals surface area contributed by atoms with Gasteiger partial charge in [0.2, 0.25) is 5.91 Å². The molecule has 1 aromatic rings. The van der Waals surface area contributed by atoms with Crippen LogP contribution in [-0.4, -0.2) is 46.2 Å². The molecule has 0 unspecified atom stereocenters. The summed E-state index contributed by atoms with van der Waals surface area (Å²) >= 11 is 0. The van der Waals surface area contributed by atoms with Crippen molar-refractivity contribution in [3.8, 4) is 0 Å². The molecule has 1 amide bonds. The van der Waals surface area contributed by atoms with Gasteiger partial charge in [-0.3, -0.25) is 9.59 Å². The maximum absolute atomic E-state index is 13.3. The van der Waals surface area contributed by atoms with Crippen molar-refractivity contribution in [1.82, 2.24) is 9.88 Å². The molecule has 2 saturated carbocycles. The minimum atomic E-state index is -0.520. The first kappa shape index (κ1) is 19.6. The Bertz CT molecular complexity index is 742. The van der Waals surface area contributed by atoms with Crippen LogP contribution in [0.5, 0.6) is 0 Å². The second kappa shape index (κ2) is 7.87. The summed E-state index contributed by atoms with van der Waals surface area (Å²) in [5, 5.41) is 0. The maximum Gasteiger partial charge on any atom is 0.355 e. The number of nitrogens with one attached hydrogen (secondary N) is 1. The van der Waals surface area contributed by atoms with Crippen LogP contribution in [0.1, 0.15) is 84.5 Å². The first-order valence-corrected chi connectivity index (χ1v) is 10.1. The van der Waals surface area contributed by atoms with Gasteiger partial charge in [0.05, 0.1) is 12.6 Å². The molecule has 1 N–H and O–H groups in total. The zero-order valence-electron chi connectivity index (χ0n) is 16.8. The van der Waals surface area contributed by atoms with Gasteiger partial charge >= 0.3 is 5.97 Å². The summed E-state index contributed by atoms with van der Waals surface area (Å²) in [6, 6.07) is -0.338. The van der Waals surface area contributed by atoms with Crippen molar-refractivity contribution >= 4 is 17.7 Å². The quantitative estimate of drug-likeness (QED) is 0.585. The summed E-state index contributed by atoms with van der Waals surface area (Å²) in [5.74, 6) is -0.363. The SMILES string of the molecule is CCOC(=O)c1[nH]c(C)c(C(=O)[C@H](C)N(C(=O)C2CCCC2)C2CC2)c1C. The molecule has 6 heteroatoms. The van der Waals surface area contributed by atoms with Gasteiger partial charge in [0.15, 0.2) is 5.78 Å². The number of carbonyl (C=O) groups is 3. The Kier molecular flexibility index (Phi) is 5.72. The first-order valence-electron chi connectivity index (χ1n) is 10.1. The van der Waals surface area contributed by atoms with Gasteiger partial charge in [0.25, 0.3) is 0 Å². The van der Waals surface area contributed by atoms with Crippen molar-refractivity contribution < 1.29 is 19.1 Å². The minimum Gasteiger partial charge on any atom is -0.461 e. The van der Waals surface area contributed by atoms with Gasteiger partial charge in [-0.2, -0.15) is 0 Å². The fraction of sp³-hybridized carbons (Fsp3) is 0.667. The number of aromatic nitrogens is 1. The summed E-state index contributed by atoms with van der Waals surface area (Å²) in [7, 11) is 0. The van der Waals surface area contributed by atoms with Crippen LogP contribution in [0, 0.1) is 19.8 Å². The Morgan fingerprint density at radius 3 is 2.33 bits per heavy atom. The standard InChI is InChI=1S/C21H30N2O4/c1-5-27-21(26)18-12(2)17(13(3)22-18)19(24)14(4)23(16-10-11-16)20(25)15-8-6-7-9-15/h14-16,22H,5-11H2,1-4H3/t14-/m0/s1. The lowest BCUT2D eigenvalue weighted by atomic mass is 9.98. The molecule has 148 valence electrons. The van der Waals surface area contributed by atoms with E-state index in [1.54, 1.807) is 20.8 Å². The highest BCUT2D eigenvalue weighted by Crippen LogP contribution is 2.35. The third-order valence-electron chi connectivity index (χ3n) is 5.86. The molecule has 2 fully saturated rings. The Labute approximate surface area is 160 Å². The number of nitrogens with zero attached hydrogens (tertiary/aromatic N) is 1. The number of ketones is 1. The van der Waals surface area contributed by atoms with E-state index in [4.69, 9.17) is 4.74 Å². The van der Waals surface area contributed by atoms with E-state index in [1.165, 1.54) is 0 Å². The maximum atomic E-state index is 13.3. The lowest BCUT2D eigenvalue weighted by Gasteiger charge is -2.31. The van der Waals surface area contributed by atoms with Crippen LogP contribution in [0.4, 0.5) is 0 Å². The van der Waals surface area contributed by atoms with Crippen molar-refractivity contribution in [2.24, 2.45) is 5.92 Å². The lowest BCUT2D eigenvalue weighted by Crippen LogP contribution is -2.47. The first-order chi connectivity index (χ1) is 12.9. The summed E-state index contributed by atoms with van der Waals surface area (Å²) in [6.07, 6.45) is 5.98. The fourth-order valence-corrected chi connectivity index (χ4v) is 4.29. The molecule has 2 aliphatic rings. The zero-order valence-corrected chi connectivity index (χ0v) is 16.8. The molecule has 0 aliphatic heterocycles. The number of rotatable bonds is 7. The normalized spacial score (nSPS) is 18.4. The molecule has 2 aliphatic carbocycles. The molecule has 0 radical (unpaired) electrons. The number of amides is 1. The van der Waals surface area contributed by atoms with E-state index < -0.39 is 12.0 Å². The number of aryl methyl sites for hydroxylation is 1. The number of H-pyrrole nitrogens is 1. The summed E-state index contributed by atoms with van der Waals surface area (Å²) in [6.45, 7) is 7.40. The Morgan fingerprint density at radius 2 is 1.78 bits per heavy atom. The largest absolute Gasteiger partial charge is 0.461 e. The third kappa shape index (κ3) is 3.80. The van der Waals surface area contributed by atoms with Gasteiger partial charge in [-0.15, -0.1) is 0 Å². The fourth-order valence-electron chi connectivity index (χ4n) is 4.29. The molecule has 3 rings (SSSR count). The second-order valence-electron chi connectivity index (χ2n) is 7.84. The average Bonchev–Trinajstić information content (AvgIpc) is 3.20. The molecular weight excluding hydrogens is 344 g/mol. The van der Waals surface area contributed by atoms with Gasteiger partial charge in [-0.1, -0.05) is 12.8 Å². The predicted molar refractivity (Wildman–Crippen MR) is 102 cm³/mol. The monoisotopic (exact) mass is 374 g/mol. The van der Waals surface area contributed by atoms with Gasteiger partial charge in [0, 0.05) is 23.2 Å². The molecule has 0 bridgehead atoms. The van der Waals surface area contributed by atoms with E-state index in [0.29, 0.717) is 22.5 Å². The van der Waals surface area contributed by atoms with Gasteiger partial charge in [-0.25, -0.2) is 4.79 Å². The molecule has 6 nitrogen and oxygen atoms in total. The number of esters is 1. The van der Waals surface area contributed by atoms with Crippen LogP contribution in [0.3, 0.4) is 0 Å². The van der Waals surface area contributed by atoms with E-state index in [0.717, 1.165) is 38.5 Å². The van der Waals surface area contributed by atoms with Crippen LogP contribution >= 0.6 is 0 Å². The zero-order chi connectivity index (χ0) is 19.7. The van der Waals surface area contributed by atoms with Crippen molar-refractivity contribution in [3.63, 3.8) is 0 Å². The number of hydrogen-bond donors (Lipinski definition) is 1. The summed E-state index contributed by atoms with van der Waals surface area (Å²) < 4.78 is 5.07. The Hall–Kier alpha value is -2.11. The van der Waals surface area contributed by atoms with E-state index in [1.807, 2.05) is 11.8 Å². The van der Waals surface area contributed by atoms with Gasteiger partial charge in [0.1, 0.15) is 5.69 Å². The van der Waals surface area contributed by atoms with Crippen LogP contribution in [-0.2, 0) is 9.53 Å². The molecule has 1 heterocycles. The van der Waals surface area contributed by atoms with Crippen molar-refractivity contribution in [2.45, 2.75) is 78.3 Å². The molecule has 0 aromatic carbocycles. The Morgan fingerprint density at radius 1 is 1.15 bits per heavy atom. The molecule has 0 spiro atoms. The Balaban J connectivity index is 1.85. The highest BCUT2D eigenvalue weighted by molar-refractivity contribution is 6.06. The molecular formula is C21H30N2O4. The molecule has 0 saturated heterocycles. The number of hydrogen-bond acceptors (Lipinski definition) is 4. The number of carbonyl (C=O) groups excluding carboxylic acids is 3. The van der Waals surface area contributed by atoms with Crippen molar-refractivity contribution in [2.75, 3.05) is 6.61 Å². The highest BCUT2D eigenvalue weighted by Gasteiger charge is 2.42. The molecule has 1 atom stereocenters. The van der Waals surface area contributed by atoms with E-state index in [2.05, 4.69) is 4.98 Å². The molecule has 27 heavy (non-hydrogen) atoms. The third-order valence-corrected chi connectivity index (χ3v) is 5.86. The van der Waals surface area contributed by atoms with Gasteiger partial charge < -0.3 is 14.6 Å². The van der Waals surface area contributed by atoms with Crippen LogP contribution in [0.15, 0.2) is 0 Å². The second-order valence-corrected chi connectivity index (χ2v) is 7.84. The van der Waals surface area contributed by atoms with Crippen LogP contribution in [0.25, 0.3) is 0 Å². The van der Waals surface area contributed by atoms with E-state index in [-0.39, 0.29) is 30.3 Å². The lowest BCUT2D eigenvalue weighted by molar-refractivity contribution is -0.137. The predicted octanol–water partition coefficient (Wildman–Crippen LogP) is 3.56. The smallest absolute Gasteiger partial charge is 0.355 e. The number of ether oxygens (including phenoxy) is 1. The number of Topliss-reactive ketones (excluding diaryl/α,β-unsaturated/α-hetero) is 1. The summed E-state index contributed by atoms with van der Waals surface area (Å²) in [4.78, 5) is 43.3. The van der Waals surface area contributed by atoms with E-state index >= 15 is 0 Å². The van der Waals surface area contributed by atoms with Crippen molar-refractivity contribution in [3.05, 3.63) is 22.5 Å². The minimum absolute atomic E-state index is 0.0596. The van der Waals surface area contributed by atoms with Crippen LogP contribution < -0.4 is 0 Å². The van der Waals surface area contributed by atoms with Crippen LogP contribution in [0.2, 0.25) is 0 Å². The number of aromatic amines is 1. The van der Waals surface area contributed by atoms with E-state index in [9.17, 15) is 14.4 Å². The van der Waals surface area contributed by atoms with Gasteiger partial charge in [-0.05, 0) is 58.9 Å². The molecule has 1 aromatic heterocycles. The average molecular weight is 374 g/mol. The summed E-state index contributed by atoms with van der Waals surface area (Å²) in [5.41, 5.74) is 2.09.